The highest BCUT2D eigenvalue weighted by Gasteiger charge is 2.23. The Hall–Kier alpha value is -4.61. The van der Waals surface area contributed by atoms with Gasteiger partial charge in [-0.15, -0.1) is 0 Å². The maximum atomic E-state index is 14.0. The summed E-state index contributed by atoms with van der Waals surface area (Å²) in [6, 6.07) is 16.4. The van der Waals surface area contributed by atoms with Gasteiger partial charge in [-0.1, -0.05) is 18.2 Å². The van der Waals surface area contributed by atoms with Crippen LogP contribution in [0.2, 0.25) is 0 Å². The molecule has 1 atom stereocenters. The number of phenolic OH excluding ortho intramolecular Hbond substituents is 1. The van der Waals surface area contributed by atoms with Crippen LogP contribution in [0.25, 0.3) is 22.0 Å². The molecule has 1 amide bonds. The molecular formula is C29H24F2N4O4S. The first-order valence-electron chi connectivity index (χ1n) is 12.2. The quantitative estimate of drug-likeness (QED) is 0.221. The molecule has 0 saturated heterocycles. The average molecular weight is 563 g/mol. The lowest BCUT2D eigenvalue weighted by Gasteiger charge is -2.22. The summed E-state index contributed by atoms with van der Waals surface area (Å²) in [5.41, 5.74) is 3.02. The van der Waals surface area contributed by atoms with Crippen LogP contribution in [0.15, 0.2) is 90.1 Å². The van der Waals surface area contributed by atoms with Gasteiger partial charge in [0.25, 0.3) is 0 Å². The van der Waals surface area contributed by atoms with Crippen molar-refractivity contribution >= 4 is 26.8 Å². The molecule has 0 saturated carbocycles. The van der Waals surface area contributed by atoms with E-state index < -0.39 is 33.6 Å². The second-order valence-corrected chi connectivity index (χ2v) is 10.9. The Morgan fingerprint density at radius 1 is 1.02 bits per heavy atom. The predicted octanol–water partition coefficient (Wildman–Crippen LogP) is 4.50. The van der Waals surface area contributed by atoms with Crippen LogP contribution in [0, 0.1) is 11.6 Å². The molecule has 0 radical (unpaired) electrons. The van der Waals surface area contributed by atoms with Crippen molar-refractivity contribution in [2.45, 2.75) is 23.8 Å². The number of primary sulfonamides is 1. The fraction of sp³-hybridized carbons (Fsp3) is 0.103. The molecule has 11 heteroatoms. The molecule has 5 rings (SSSR count). The van der Waals surface area contributed by atoms with Gasteiger partial charge in [-0.2, -0.15) is 0 Å². The Labute approximate surface area is 228 Å². The summed E-state index contributed by atoms with van der Waals surface area (Å²) < 4.78 is 52.0. The minimum Gasteiger partial charge on any atom is -0.508 e. The van der Waals surface area contributed by atoms with Gasteiger partial charge in [-0.25, -0.2) is 22.3 Å². The Balaban J connectivity index is 1.53. The number of H-pyrrole nitrogens is 1. The molecule has 2 aromatic heterocycles. The lowest BCUT2D eigenvalue weighted by molar-refractivity contribution is -0.121. The third-order valence-corrected chi connectivity index (χ3v) is 7.35. The first kappa shape index (κ1) is 27.0. The number of hydrogen-bond donors (Lipinski definition) is 4. The number of sulfonamides is 1. The van der Waals surface area contributed by atoms with Crippen molar-refractivity contribution < 1.29 is 27.1 Å². The second-order valence-electron chi connectivity index (χ2n) is 9.33. The van der Waals surface area contributed by atoms with E-state index in [2.05, 4.69) is 15.3 Å². The minimum atomic E-state index is -3.99. The van der Waals surface area contributed by atoms with Crippen molar-refractivity contribution in [3.05, 3.63) is 114 Å². The van der Waals surface area contributed by atoms with E-state index in [1.165, 1.54) is 42.6 Å². The fourth-order valence-electron chi connectivity index (χ4n) is 4.69. The van der Waals surface area contributed by atoms with E-state index in [1.54, 1.807) is 36.5 Å². The number of benzene rings is 3. The standard InChI is InChI=1S/C29H24F2N4O4S/c30-20-9-17(10-21(31)14-20)11-27(35-28(37)13-19-16-34-26-7-6-22(36)15-25(19)26)29-24(5-2-8-33-29)18-3-1-4-23(12-18)40(32,38)39/h1-10,12,14-16,27,34,36H,11,13H2,(H,35,37)(H2,32,38,39)/t27-/m0/s1. The smallest absolute Gasteiger partial charge is 0.238 e. The van der Waals surface area contributed by atoms with Crippen LogP contribution in [-0.2, 0) is 27.7 Å². The topological polar surface area (TPSA) is 138 Å². The van der Waals surface area contributed by atoms with E-state index >= 15 is 0 Å². The molecule has 8 nitrogen and oxygen atoms in total. The van der Waals surface area contributed by atoms with Gasteiger partial charge in [0.2, 0.25) is 15.9 Å². The van der Waals surface area contributed by atoms with Crippen molar-refractivity contribution in [2.24, 2.45) is 5.14 Å². The minimum absolute atomic E-state index is 0.00597. The van der Waals surface area contributed by atoms with Crippen LogP contribution in [0.3, 0.4) is 0 Å². The summed E-state index contributed by atoms with van der Waals surface area (Å²) in [7, 11) is -3.99. The van der Waals surface area contributed by atoms with Crippen molar-refractivity contribution in [1.29, 1.82) is 0 Å². The molecule has 204 valence electrons. The summed E-state index contributed by atoms with van der Waals surface area (Å²) >= 11 is 0. The number of hydrogen-bond acceptors (Lipinski definition) is 5. The van der Waals surface area contributed by atoms with E-state index in [9.17, 15) is 27.1 Å². The first-order valence-corrected chi connectivity index (χ1v) is 13.7. The number of fused-ring (bicyclic) bond motifs is 1. The number of aromatic nitrogens is 2. The molecule has 3 aromatic carbocycles. The number of carbonyl (C=O) groups is 1. The van der Waals surface area contributed by atoms with Crippen molar-refractivity contribution in [2.75, 3.05) is 0 Å². The molecule has 0 bridgehead atoms. The highest BCUT2D eigenvalue weighted by Crippen LogP contribution is 2.31. The number of rotatable bonds is 8. The molecule has 0 aliphatic heterocycles. The largest absolute Gasteiger partial charge is 0.508 e. The zero-order valence-corrected chi connectivity index (χ0v) is 21.8. The SMILES string of the molecule is NS(=O)(=O)c1cccc(-c2cccnc2[C@H](Cc2cc(F)cc(F)c2)NC(=O)Cc2c[nH]c3ccc(O)cc23)c1. The number of phenols is 1. The maximum absolute atomic E-state index is 14.0. The molecule has 0 aliphatic carbocycles. The normalized spacial score (nSPS) is 12.4. The van der Waals surface area contributed by atoms with Crippen LogP contribution in [0.4, 0.5) is 8.78 Å². The average Bonchev–Trinajstić information content (AvgIpc) is 3.28. The van der Waals surface area contributed by atoms with E-state index in [-0.39, 0.29) is 29.1 Å². The monoisotopic (exact) mass is 562 g/mol. The molecule has 5 aromatic rings. The maximum Gasteiger partial charge on any atom is 0.238 e. The fourth-order valence-corrected chi connectivity index (χ4v) is 5.25. The number of carbonyl (C=O) groups excluding carboxylic acids is 1. The second kappa shape index (κ2) is 10.9. The molecule has 0 fully saturated rings. The van der Waals surface area contributed by atoms with Crippen molar-refractivity contribution in [1.82, 2.24) is 15.3 Å². The predicted molar refractivity (Wildman–Crippen MR) is 146 cm³/mol. The lowest BCUT2D eigenvalue weighted by atomic mass is 9.95. The number of aromatic hydroxyl groups is 1. The molecule has 0 spiro atoms. The molecule has 0 aliphatic rings. The Morgan fingerprint density at radius 2 is 1.80 bits per heavy atom. The Bertz CT molecular complexity index is 1820. The van der Waals surface area contributed by atoms with Gasteiger partial charge in [0, 0.05) is 34.9 Å². The summed E-state index contributed by atoms with van der Waals surface area (Å²) in [4.78, 5) is 20.8. The number of nitrogens with one attached hydrogen (secondary N) is 2. The van der Waals surface area contributed by atoms with E-state index in [0.717, 1.165) is 11.6 Å². The summed E-state index contributed by atoms with van der Waals surface area (Å²) in [6.45, 7) is 0. The van der Waals surface area contributed by atoms with Gasteiger partial charge in [0.05, 0.1) is 23.1 Å². The summed E-state index contributed by atoms with van der Waals surface area (Å²) in [6.07, 6.45) is 3.12. The molecule has 40 heavy (non-hydrogen) atoms. The number of amides is 1. The van der Waals surface area contributed by atoms with Gasteiger partial charge in [-0.3, -0.25) is 9.78 Å². The van der Waals surface area contributed by atoms with Crippen molar-refractivity contribution in [3.63, 3.8) is 0 Å². The van der Waals surface area contributed by atoms with Crippen LogP contribution in [0.1, 0.15) is 22.9 Å². The summed E-state index contributed by atoms with van der Waals surface area (Å²) in [5, 5.41) is 18.8. The number of halogens is 2. The third kappa shape index (κ3) is 6.00. The number of nitrogens with two attached hydrogens (primary N) is 1. The van der Waals surface area contributed by atoms with Crippen LogP contribution >= 0.6 is 0 Å². The highest BCUT2D eigenvalue weighted by molar-refractivity contribution is 7.89. The lowest BCUT2D eigenvalue weighted by Crippen LogP contribution is -2.32. The zero-order chi connectivity index (χ0) is 28.4. The van der Waals surface area contributed by atoms with Gasteiger partial charge in [0.1, 0.15) is 17.4 Å². The van der Waals surface area contributed by atoms with E-state index in [1.807, 2.05) is 0 Å². The van der Waals surface area contributed by atoms with E-state index in [0.29, 0.717) is 27.8 Å². The third-order valence-electron chi connectivity index (χ3n) is 6.44. The molecular weight excluding hydrogens is 538 g/mol. The number of nitrogens with zero attached hydrogens (tertiary/aromatic N) is 1. The van der Waals surface area contributed by atoms with Crippen LogP contribution in [0.5, 0.6) is 5.75 Å². The van der Waals surface area contributed by atoms with Gasteiger partial charge in [0.15, 0.2) is 0 Å². The number of pyridine rings is 1. The first-order chi connectivity index (χ1) is 19.1. The molecule has 2 heterocycles. The van der Waals surface area contributed by atoms with E-state index in [4.69, 9.17) is 5.14 Å². The molecule has 5 N–H and O–H groups in total. The van der Waals surface area contributed by atoms with Gasteiger partial charge >= 0.3 is 0 Å². The highest BCUT2D eigenvalue weighted by atomic mass is 32.2. The Kier molecular flexibility index (Phi) is 7.33. The van der Waals surface area contributed by atoms with Crippen molar-refractivity contribution in [3.8, 4) is 16.9 Å². The van der Waals surface area contributed by atoms with Gasteiger partial charge in [-0.05, 0) is 71.6 Å². The van der Waals surface area contributed by atoms with Crippen LogP contribution in [-0.4, -0.2) is 29.4 Å². The van der Waals surface area contributed by atoms with Gasteiger partial charge < -0.3 is 15.4 Å². The van der Waals surface area contributed by atoms with Crippen LogP contribution < -0.4 is 10.5 Å². The zero-order valence-electron chi connectivity index (χ0n) is 20.9. The summed E-state index contributed by atoms with van der Waals surface area (Å²) in [5.74, 6) is -1.87. The Morgan fingerprint density at radius 3 is 2.55 bits per heavy atom. The molecule has 0 unspecified atom stereocenters. The number of aromatic amines is 1.